The van der Waals surface area contributed by atoms with Gasteiger partial charge in [-0.25, -0.2) is 8.42 Å². The molecule has 27 heavy (non-hydrogen) atoms. The predicted octanol–water partition coefficient (Wildman–Crippen LogP) is 2.87. The smallest absolute Gasteiger partial charge is 0.243 e. The monoisotopic (exact) mass is 392 g/mol. The quantitative estimate of drug-likeness (QED) is 0.747. The van der Waals surface area contributed by atoms with Crippen LogP contribution in [0.15, 0.2) is 47.4 Å². The first-order chi connectivity index (χ1) is 12.8. The number of nitrogens with one attached hydrogen (secondary N) is 1. The van der Waals surface area contributed by atoms with E-state index >= 15 is 0 Å². The van der Waals surface area contributed by atoms with E-state index in [9.17, 15) is 13.2 Å². The highest BCUT2D eigenvalue weighted by molar-refractivity contribution is 7.89. The molecule has 2 aromatic rings. The summed E-state index contributed by atoms with van der Waals surface area (Å²) in [5, 5.41) is 2.60. The van der Waals surface area contributed by atoms with Crippen molar-refractivity contribution in [3.63, 3.8) is 0 Å². The van der Waals surface area contributed by atoms with Gasteiger partial charge < -0.3 is 14.8 Å². The molecule has 0 fully saturated rings. The van der Waals surface area contributed by atoms with Gasteiger partial charge in [-0.15, -0.1) is 0 Å². The number of carbonyl (C=O) groups is 1. The average molecular weight is 392 g/mol. The van der Waals surface area contributed by atoms with Crippen LogP contribution in [-0.2, 0) is 21.4 Å². The molecule has 0 saturated carbocycles. The number of amides is 1. The molecule has 0 heterocycles. The van der Waals surface area contributed by atoms with Crippen molar-refractivity contribution in [1.29, 1.82) is 0 Å². The molecular formula is C19H24N2O5S. The molecule has 7 nitrogen and oxygen atoms in total. The van der Waals surface area contributed by atoms with Crippen molar-refractivity contribution in [3.8, 4) is 11.5 Å². The zero-order valence-corrected chi connectivity index (χ0v) is 16.7. The van der Waals surface area contributed by atoms with Gasteiger partial charge in [0.25, 0.3) is 0 Å². The van der Waals surface area contributed by atoms with E-state index in [1.165, 1.54) is 43.6 Å². The van der Waals surface area contributed by atoms with Crippen LogP contribution in [0.1, 0.15) is 19.4 Å². The summed E-state index contributed by atoms with van der Waals surface area (Å²) in [6, 6.07) is 11.6. The third-order valence-corrected chi connectivity index (χ3v) is 5.63. The predicted molar refractivity (Wildman–Crippen MR) is 104 cm³/mol. The minimum absolute atomic E-state index is 0.0851. The summed E-state index contributed by atoms with van der Waals surface area (Å²) in [5.41, 5.74) is 1.25. The Bertz CT molecular complexity index is 895. The molecular weight excluding hydrogens is 368 g/mol. The Morgan fingerprint density at radius 3 is 2.37 bits per heavy atom. The van der Waals surface area contributed by atoms with Crippen LogP contribution in [0, 0.1) is 0 Å². The van der Waals surface area contributed by atoms with E-state index in [0.29, 0.717) is 12.3 Å². The summed E-state index contributed by atoms with van der Waals surface area (Å²) in [6.45, 7) is 4.06. The number of rotatable bonds is 8. The number of anilines is 1. The molecule has 0 spiro atoms. The maximum absolute atomic E-state index is 12.9. The van der Waals surface area contributed by atoms with Crippen LogP contribution in [-0.4, -0.2) is 39.4 Å². The highest BCUT2D eigenvalue weighted by atomic mass is 32.2. The van der Waals surface area contributed by atoms with Crippen LogP contribution >= 0.6 is 0 Å². The van der Waals surface area contributed by atoms with Crippen LogP contribution in [0.5, 0.6) is 11.5 Å². The SMILES string of the molecule is CCOc1ccc(CN(C)S(=O)(=O)c2ccc(NC(C)=O)c(OC)c2)cc1. The van der Waals surface area contributed by atoms with Gasteiger partial charge in [-0.05, 0) is 36.8 Å². The molecule has 0 atom stereocenters. The third-order valence-electron chi connectivity index (χ3n) is 3.83. The molecule has 2 rings (SSSR count). The summed E-state index contributed by atoms with van der Waals surface area (Å²) in [6.07, 6.45) is 0. The van der Waals surface area contributed by atoms with E-state index in [1.54, 1.807) is 0 Å². The van der Waals surface area contributed by atoms with Gasteiger partial charge in [0.05, 0.1) is 24.3 Å². The van der Waals surface area contributed by atoms with Crippen LogP contribution < -0.4 is 14.8 Å². The summed E-state index contributed by atoms with van der Waals surface area (Å²) in [5.74, 6) is 0.752. The highest BCUT2D eigenvalue weighted by Gasteiger charge is 2.22. The van der Waals surface area contributed by atoms with Crippen LogP contribution in [0.4, 0.5) is 5.69 Å². The Balaban J connectivity index is 2.22. The second-order valence-electron chi connectivity index (χ2n) is 5.88. The second kappa shape index (κ2) is 8.88. The Labute approximate surface area is 160 Å². The first kappa shape index (κ1) is 20.7. The van der Waals surface area contributed by atoms with Crippen molar-refractivity contribution in [3.05, 3.63) is 48.0 Å². The van der Waals surface area contributed by atoms with Gasteiger partial charge in [0.2, 0.25) is 15.9 Å². The standard InChI is InChI=1S/C19H24N2O5S/c1-5-26-16-8-6-15(7-9-16)13-21(3)27(23,24)17-10-11-18(20-14(2)22)19(12-17)25-4/h6-12H,5,13H2,1-4H3,(H,20,22). The molecule has 1 amide bonds. The number of sulfonamides is 1. The number of hydrogen-bond acceptors (Lipinski definition) is 5. The number of ether oxygens (including phenoxy) is 2. The maximum Gasteiger partial charge on any atom is 0.243 e. The minimum atomic E-state index is -3.73. The largest absolute Gasteiger partial charge is 0.495 e. The molecule has 0 radical (unpaired) electrons. The number of nitrogens with zero attached hydrogens (tertiary/aromatic N) is 1. The van der Waals surface area contributed by atoms with Gasteiger partial charge in [-0.2, -0.15) is 4.31 Å². The fraction of sp³-hybridized carbons (Fsp3) is 0.316. The lowest BCUT2D eigenvalue weighted by Crippen LogP contribution is -2.26. The molecule has 0 saturated heterocycles. The first-order valence-corrected chi connectivity index (χ1v) is 9.85. The topological polar surface area (TPSA) is 84.9 Å². The van der Waals surface area contributed by atoms with Crippen molar-refractivity contribution < 1.29 is 22.7 Å². The molecule has 0 unspecified atom stereocenters. The number of hydrogen-bond donors (Lipinski definition) is 1. The maximum atomic E-state index is 12.9. The molecule has 8 heteroatoms. The zero-order valence-electron chi connectivity index (χ0n) is 15.9. The Hall–Kier alpha value is -2.58. The molecule has 2 aromatic carbocycles. The van der Waals surface area contributed by atoms with Crippen molar-refractivity contribution in [2.75, 3.05) is 26.1 Å². The molecule has 0 aliphatic heterocycles. The van der Waals surface area contributed by atoms with Crippen LogP contribution in [0.2, 0.25) is 0 Å². The zero-order chi connectivity index (χ0) is 20.0. The van der Waals surface area contributed by atoms with Gasteiger partial charge >= 0.3 is 0 Å². The lowest BCUT2D eigenvalue weighted by molar-refractivity contribution is -0.114. The second-order valence-corrected chi connectivity index (χ2v) is 7.93. The van der Waals surface area contributed by atoms with E-state index in [4.69, 9.17) is 9.47 Å². The summed E-state index contributed by atoms with van der Waals surface area (Å²) < 4.78 is 37.6. The van der Waals surface area contributed by atoms with Crippen molar-refractivity contribution >= 4 is 21.6 Å². The number of methoxy groups -OCH3 is 1. The number of benzene rings is 2. The summed E-state index contributed by atoms with van der Waals surface area (Å²) in [7, 11) is -0.795. The molecule has 0 aromatic heterocycles. The Kier molecular flexibility index (Phi) is 6.81. The van der Waals surface area contributed by atoms with Crippen molar-refractivity contribution in [1.82, 2.24) is 4.31 Å². The van der Waals surface area contributed by atoms with Gasteiger partial charge in [0.15, 0.2) is 0 Å². The molecule has 0 bridgehead atoms. The summed E-state index contributed by atoms with van der Waals surface area (Å²) in [4.78, 5) is 11.3. The third kappa shape index (κ3) is 5.21. The minimum Gasteiger partial charge on any atom is -0.495 e. The molecule has 1 N–H and O–H groups in total. The van der Waals surface area contributed by atoms with Gasteiger partial charge in [-0.3, -0.25) is 4.79 Å². The van der Waals surface area contributed by atoms with Crippen molar-refractivity contribution in [2.45, 2.75) is 25.3 Å². The Morgan fingerprint density at radius 1 is 1.15 bits per heavy atom. The van der Waals surface area contributed by atoms with Crippen LogP contribution in [0.3, 0.4) is 0 Å². The average Bonchev–Trinajstić information content (AvgIpc) is 2.63. The fourth-order valence-electron chi connectivity index (χ4n) is 2.50. The lowest BCUT2D eigenvalue weighted by atomic mass is 10.2. The Morgan fingerprint density at radius 2 is 1.81 bits per heavy atom. The normalized spacial score (nSPS) is 11.3. The molecule has 146 valence electrons. The van der Waals surface area contributed by atoms with Gasteiger partial charge in [0, 0.05) is 26.6 Å². The van der Waals surface area contributed by atoms with Crippen LogP contribution in [0.25, 0.3) is 0 Å². The van der Waals surface area contributed by atoms with Gasteiger partial charge in [-0.1, -0.05) is 12.1 Å². The molecule has 0 aliphatic rings. The van der Waals surface area contributed by atoms with Gasteiger partial charge in [0.1, 0.15) is 11.5 Å². The lowest BCUT2D eigenvalue weighted by Gasteiger charge is -2.19. The molecule has 0 aliphatic carbocycles. The van der Waals surface area contributed by atoms with E-state index in [-0.39, 0.29) is 23.1 Å². The summed E-state index contributed by atoms with van der Waals surface area (Å²) >= 11 is 0. The highest BCUT2D eigenvalue weighted by Crippen LogP contribution is 2.29. The van der Waals surface area contributed by atoms with E-state index in [1.807, 2.05) is 31.2 Å². The van der Waals surface area contributed by atoms with E-state index < -0.39 is 10.0 Å². The van der Waals surface area contributed by atoms with E-state index in [2.05, 4.69) is 5.32 Å². The number of carbonyl (C=O) groups excluding carboxylic acids is 1. The fourth-order valence-corrected chi connectivity index (χ4v) is 3.68. The first-order valence-electron chi connectivity index (χ1n) is 8.41. The van der Waals surface area contributed by atoms with Crippen molar-refractivity contribution in [2.24, 2.45) is 0 Å². The van der Waals surface area contributed by atoms with E-state index in [0.717, 1.165) is 11.3 Å².